The fourth-order valence-electron chi connectivity index (χ4n) is 7.12. The molecule has 0 fully saturated rings. The van der Waals surface area contributed by atoms with Crippen LogP contribution in [0.25, 0.3) is 0 Å². The Morgan fingerprint density at radius 3 is 1.10 bits per heavy atom. The van der Waals surface area contributed by atoms with Crippen LogP contribution in [0, 0.1) is 0 Å². The van der Waals surface area contributed by atoms with Crippen molar-refractivity contribution in [2.45, 2.75) is 270 Å². The molecule has 50 heavy (non-hydrogen) atoms. The van der Waals surface area contributed by atoms with Crippen LogP contribution in [-0.4, -0.2) is 23.1 Å². The van der Waals surface area contributed by atoms with Crippen molar-refractivity contribution in [1.82, 2.24) is 0 Å². The predicted molar refractivity (Wildman–Crippen MR) is 218 cm³/mol. The highest BCUT2D eigenvalue weighted by Gasteiger charge is 2.14. The summed E-state index contributed by atoms with van der Waals surface area (Å²) >= 11 is 0. The monoisotopic (exact) mass is 705 g/mol. The van der Waals surface area contributed by atoms with Crippen LogP contribution in [0.1, 0.15) is 264 Å². The van der Waals surface area contributed by atoms with Gasteiger partial charge in [-0.05, 0) is 64.2 Å². The summed E-state index contributed by atoms with van der Waals surface area (Å²) in [6, 6.07) is 0. The maximum absolute atomic E-state index is 12.7. The minimum absolute atomic E-state index is 0.0423. The van der Waals surface area contributed by atoms with Gasteiger partial charge in [-0.25, -0.2) is 0 Å². The van der Waals surface area contributed by atoms with Gasteiger partial charge in [0.2, 0.25) is 0 Å². The smallest absolute Gasteiger partial charge is 0.306 e. The second kappa shape index (κ2) is 42.1. The van der Waals surface area contributed by atoms with Crippen LogP contribution in [0.2, 0.25) is 0 Å². The summed E-state index contributed by atoms with van der Waals surface area (Å²) in [7, 11) is 0. The molecule has 1 atom stereocenters. The molecule has 4 heteroatoms. The zero-order valence-electron chi connectivity index (χ0n) is 34.0. The fraction of sp³-hybridized carbons (Fsp3) is 0.913. The van der Waals surface area contributed by atoms with E-state index in [4.69, 9.17) is 9.84 Å². The number of rotatable bonds is 42. The summed E-state index contributed by atoms with van der Waals surface area (Å²) in [4.78, 5) is 23.2. The molecule has 4 nitrogen and oxygen atoms in total. The van der Waals surface area contributed by atoms with Crippen molar-refractivity contribution in [3.8, 4) is 0 Å². The van der Waals surface area contributed by atoms with Crippen molar-refractivity contribution < 1.29 is 19.4 Å². The van der Waals surface area contributed by atoms with E-state index in [1.807, 2.05) is 0 Å². The molecule has 0 bridgehead atoms. The molecule has 0 amide bonds. The van der Waals surface area contributed by atoms with E-state index in [0.29, 0.717) is 12.8 Å². The number of esters is 1. The number of unbranched alkanes of at least 4 members (excludes halogenated alkanes) is 31. The van der Waals surface area contributed by atoms with Crippen molar-refractivity contribution in [2.24, 2.45) is 0 Å². The van der Waals surface area contributed by atoms with E-state index in [9.17, 15) is 9.59 Å². The van der Waals surface area contributed by atoms with Gasteiger partial charge < -0.3 is 9.84 Å². The quantitative estimate of drug-likeness (QED) is 0.0390. The molecule has 0 heterocycles. The molecule has 1 unspecified atom stereocenters. The van der Waals surface area contributed by atoms with Crippen LogP contribution in [0.4, 0.5) is 0 Å². The number of carbonyl (C=O) groups is 2. The van der Waals surface area contributed by atoms with Crippen LogP contribution >= 0.6 is 0 Å². The normalized spacial score (nSPS) is 12.2. The highest BCUT2D eigenvalue weighted by molar-refractivity contribution is 5.69. The third-order valence-electron chi connectivity index (χ3n) is 10.5. The van der Waals surface area contributed by atoms with Gasteiger partial charge >= 0.3 is 11.9 Å². The van der Waals surface area contributed by atoms with E-state index in [-0.39, 0.29) is 12.1 Å². The Morgan fingerprint density at radius 1 is 0.420 bits per heavy atom. The first-order valence-corrected chi connectivity index (χ1v) is 22.7. The van der Waals surface area contributed by atoms with Crippen molar-refractivity contribution >= 4 is 11.9 Å². The summed E-state index contributed by atoms with van der Waals surface area (Å²) < 4.78 is 6.02. The Kier molecular flexibility index (Phi) is 41.0. The van der Waals surface area contributed by atoms with Crippen molar-refractivity contribution in [2.75, 3.05) is 0 Å². The Labute approximate surface area is 313 Å². The van der Waals surface area contributed by atoms with E-state index >= 15 is 0 Å². The third-order valence-corrected chi connectivity index (χ3v) is 10.5. The first-order chi connectivity index (χ1) is 24.6. The molecule has 0 aromatic rings. The van der Waals surface area contributed by atoms with E-state index < -0.39 is 5.97 Å². The van der Waals surface area contributed by atoms with Crippen LogP contribution in [0.3, 0.4) is 0 Å². The number of carboxylic acids is 1. The topological polar surface area (TPSA) is 63.6 Å². The maximum atomic E-state index is 12.7. The fourth-order valence-corrected chi connectivity index (χ4v) is 7.12. The van der Waals surface area contributed by atoms with E-state index in [2.05, 4.69) is 26.0 Å². The van der Waals surface area contributed by atoms with Gasteiger partial charge in [-0.2, -0.15) is 0 Å². The number of carbonyl (C=O) groups excluding carboxylic acids is 1. The van der Waals surface area contributed by atoms with Gasteiger partial charge in [-0.1, -0.05) is 199 Å². The highest BCUT2D eigenvalue weighted by Crippen LogP contribution is 2.19. The van der Waals surface area contributed by atoms with Crippen LogP contribution < -0.4 is 0 Å². The molecular weight excluding hydrogens is 617 g/mol. The van der Waals surface area contributed by atoms with Gasteiger partial charge in [0.05, 0.1) is 0 Å². The molecule has 0 aromatic heterocycles. The number of ether oxygens (including phenoxy) is 1. The summed E-state index contributed by atoms with van der Waals surface area (Å²) in [5, 5.41) is 8.70. The lowest BCUT2D eigenvalue weighted by Crippen LogP contribution is -2.18. The number of hydrogen-bond acceptors (Lipinski definition) is 3. The maximum Gasteiger partial charge on any atom is 0.306 e. The lowest BCUT2D eigenvalue weighted by Gasteiger charge is -2.18. The first-order valence-electron chi connectivity index (χ1n) is 22.7. The van der Waals surface area contributed by atoms with Gasteiger partial charge in [0.15, 0.2) is 0 Å². The second-order valence-electron chi connectivity index (χ2n) is 15.6. The van der Waals surface area contributed by atoms with E-state index in [0.717, 1.165) is 38.5 Å². The van der Waals surface area contributed by atoms with Crippen LogP contribution in [0.15, 0.2) is 12.2 Å². The lowest BCUT2D eigenvalue weighted by atomic mass is 10.0. The van der Waals surface area contributed by atoms with Gasteiger partial charge in [0.1, 0.15) is 6.10 Å². The molecule has 0 aliphatic carbocycles. The minimum atomic E-state index is -0.668. The standard InChI is InChI=1S/C46H88O4/c1-3-5-7-9-10-11-12-13-14-15-16-17-18-19-20-21-26-29-32-35-39-43-46(49)50-44(40-36-8-6-4-2)41-37-33-30-27-24-22-23-25-28-31-34-38-42-45(47)48/h13-14,44H,3-12,15-43H2,1-2H3,(H,47,48)/b14-13-. The number of carboxylic acid groups (broad SMARTS) is 1. The Hall–Kier alpha value is -1.32. The summed E-state index contributed by atoms with van der Waals surface area (Å²) in [6.07, 6.45) is 52.8. The molecule has 0 radical (unpaired) electrons. The molecule has 0 rings (SSSR count). The van der Waals surface area contributed by atoms with Crippen LogP contribution in [-0.2, 0) is 14.3 Å². The summed E-state index contributed by atoms with van der Waals surface area (Å²) in [5.41, 5.74) is 0. The zero-order valence-corrected chi connectivity index (χ0v) is 34.0. The number of allylic oxidation sites excluding steroid dienone is 2. The highest BCUT2D eigenvalue weighted by atomic mass is 16.5. The Morgan fingerprint density at radius 2 is 0.720 bits per heavy atom. The van der Waals surface area contributed by atoms with Crippen molar-refractivity contribution in [1.29, 1.82) is 0 Å². The first kappa shape index (κ1) is 48.7. The van der Waals surface area contributed by atoms with E-state index in [1.165, 1.54) is 199 Å². The van der Waals surface area contributed by atoms with Gasteiger partial charge in [0.25, 0.3) is 0 Å². The van der Waals surface area contributed by atoms with Gasteiger partial charge in [0, 0.05) is 12.8 Å². The largest absolute Gasteiger partial charge is 0.481 e. The van der Waals surface area contributed by atoms with Crippen molar-refractivity contribution in [3.05, 3.63) is 12.2 Å². The SMILES string of the molecule is CCCCCCCC/C=C\CCCCCCCCCCCCCC(=O)OC(CCCCCC)CCCCCCCCCCCCCCC(=O)O. The molecule has 0 aliphatic rings. The van der Waals surface area contributed by atoms with Gasteiger partial charge in [-0.3, -0.25) is 9.59 Å². The summed E-state index contributed by atoms with van der Waals surface area (Å²) in [6.45, 7) is 4.54. The molecule has 1 N–H and O–H groups in total. The van der Waals surface area contributed by atoms with Crippen LogP contribution in [0.5, 0.6) is 0 Å². The summed E-state index contributed by atoms with van der Waals surface area (Å²) in [5.74, 6) is -0.625. The minimum Gasteiger partial charge on any atom is -0.481 e. The van der Waals surface area contributed by atoms with Gasteiger partial charge in [-0.15, -0.1) is 0 Å². The lowest BCUT2D eigenvalue weighted by molar-refractivity contribution is -0.150. The molecule has 0 aromatic carbocycles. The average Bonchev–Trinajstić information content (AvgIpc) is 3.10. The molecule has 0 spiro atoms. The van der Waals surface area contributed by atoms with E-state index in [1.54, 1.807) is 0 Å². The molecule has 0 saturated heterocycles. The molecule has 0 aliphatic heterocycles. The predicted octanol–water partition coefficient (Wildman–Crippen LogP) is 15.8. The molecular formula is C46H88O4. The number of hydrogen-bond donors (Lipinski definition) is 1. The van der Waals surface area contributed by atoms with Crippen molar-refractivity contribution in [3.63, 3.8) is 0 Å². The Bertz CT molecular complexity index is 717. The average molecular weight is 705 g/mol. The zero-order chi connectivity index (χ0) is 36.4. The third kappa shape index (κ3) is 41.1. The Balaban J connectivity index is 3.70. The molecule has 296 valence electrons. The molecule has 0 saturated carbocycles. The number of aliphatic carboxylic acids is 1. The second-order valence-corrected chi connectivity index (χ2v) is 15.6.